The van der Waals surface area contributed by atoms with Crippen molar-refractivity contribution in [3.8, 4) is 0 Å². The molecule has 1 aromatic carbocycles. The second-order valence-electron chi connectivity index (χ2n) is 4.72. The van der Waals surface area contributed by atoms with Crippen LogP contribution in [0.1, 0.15) is 36.0 Å². The molecule has 0 spiro atoms. The van der Waals surface area contributed by atoms with E-state index in [1.54, 1.807) is 0 Å². The standard InChI is InChI=1S/C13H15FINO2/c14-9-3-4-10(11(15)7-9)12(18)16-13(8-17)5-1-2-6-13/h3-4,7,17H,1-2,5-6,8H2,(H,16,18). The third-order valence-corrected chi connectivity index (χ3v) is 4.31. The highest BCUT2D eigenvalue weighted by molar-refractivity contribution is 14.1. The van der Waals surface area contributed by atoms with Crippen LogP contribution in [0.5, 0.6) is 0 Å². The predicted molar refractivity (Wildman–Crippen MR) is 74.9 cm³/mol. The van der Waals surface area contributed by atoms with Gasteiger partial charge in [-0.15, -0.1) is 0 Å². The zero-order valence-electron chi connectivity index (χ0n) is 9.88. The fourth-order valence-corrected chi connectivity index (χ4v) is 3.08. The van der Waals surface area contributed by atoms with E-state index < -0.39 is 5.54 Å². The number of carbonyl (C=O) groups is 1. The van der Waals surface area contributed by atoms with Crippen LogP contribution in [-0.4, -0.2) is 23.2 Å². The number of rotatable bonds is 3. The van der Waals surface area contributed by atoms with Gasteiger partial charge in [-0.3, -0.25) is 4.79 Å². The first kappa shape index (κ1) is 13.7. The van der Waals surface area contributed by atoms with Crippen LogP contribution in [0.4, 0.5) is 4.39 Å². The Labute approximate surface area is 119 Å². The molecule has 1 fully saturated rings. The van der Waals surface area contributed by atoms with Gasteiger partial charge in [0, 0.05) is 3.57 Å². The second kappa shape index (κ2) is 5.52. The minimum Gasteiger partial charge on any atom is -0.394 e. The van der Waals surface area contributed by atoms with Gasteiger partial charge in [0.05, 0.1) is 17.7 Å². The van der Waals surface area contributed by atoms with Crippen LogP contribution in [0.2, 0.25) is 0 Å². The molecule has 0 radical (unpaired) electrons. The van der Waals surface area contributed by atoms with Crippen molar-refractivity contribution in [3.63, 3.8) is 0 Å². The molecule has 2 rings (SSSR count). The third-order valence-electron chi connectivity index (χ3n) is 3.42. The maximum atomic E-state index is 13.0. The summed E-state index contributed by atoms with van der Waals surface area (Å²) in [6.45, 7) is -0.0451. The van der Waals surface area contributed by atoms with Crippen LogP contribution in [0.25, 0.3) is 0 Å². The van der Waals surface area contributed by atoms with E-state index in [0.717, 1.165) is 25.7 Å². The molecule has 1 aliphatic carbocycles. The maximum absolute atomic E-state index is 13.0. The van der Waals surface area contributed by atoms with Crippen molar-refractivity contribution < 1.29 is 14.3 Å². The summed E-state index contributed by atoms with van der Waals surface area (Å²) in [5.74, 6) is -0.593. The Morgan fingerprint density at radius 1 is 1.44 bits per heavy atom. The normalized spacial score (nSPS) is 17.7. The van der Waals surface area contributed by atoms with Gasteiger partial charge in [-0.05, 0) is 53.6 Å². The fourth-order valence-electron chi connectivity index (χ4n) is 2.36. The molecule has 98 valence electrons. The lowest BCUT2D eigenvalue weighted by Crippen LogP contribution is -2.49. The molecule has 0 heterocycles. The smallest absolute Gasteiger partial charge is 0.252 e. The number of nitrogens with one attached hydrogen (secondary N) is 1. The largest absolute Gasteiger partial charge is 0.394 e. The summed E-state index contributed by atoms with van der Waals surface area (Å²) in [5.41, 5.74) is -0.0362. The van der Waals surface area contributed by atoms with Crippen LogP contribution >= 0.6 is 22.6 Å². The van der Waals surface area contributed by atoms with E-state index in [0.29, 0.717) is 9.13 Å². The summed E-state index contributed by atoms with van der Waals surface area (Å²) in [5, 5.41) is 12.4. The number of hydrogen-bond donors (Lipinski definition) is 2. The summed E-state index contributed by atoms with van der Waals surface area (Å²) in [7, 11) is 0. The number of aliphatic hydroxyl groups is 1. The molecule has 3 nitrogen and oxygen atoms in total. The van der Waals surface area contributed by atoms with E-state index >= 15 is 0 Å². The molecule has 0 saturated heterocycles. The Bertz CT molecular complexity index is 458. The van der Waals surface area contributed by atoms with Gasteiger partial charge in [0.25, 0.3) is 5.91 Å². The highest BCUT2D eigenvalue weighted by Gasteiger charge is 2.35. The van der Waals surface area contributed by atoms with Gasteiger partial charge >= 0.3 is 0 Å². The summed E-state index contributed by atoms with van der Waals surface area (Å²) in [6, 6.07) is 4.08. The van der Waals surface area contributed by atoms with Crippen LogP contribution in [0.3, 0.4) is 0 Å². The number of halogens is 2. The molecule has 2 N–H and O–H groups in total. The Balaban J connectivity index is 2.16. The van der Waals surface area contributed by atoms with Gasteiger partial charge in [-0.2, -0.15) is 0 Å². The molecule has 0 atom stereocenters. The molecule has 0 unspecified atom stereocenters. The Morgan fingerprint density at radius 3 is 2.67 bits per heavy atom. The van der Waals surface area contributed by atoms with Crippen molar-refractivity contribution in [2.75, 3.05) is 6.61 Å². The van der Waals surface area contributed by atoms with Crippen molar-refractivity contribution in [1.82, 2.24) is 5.32 Å². The third kappa shape index (κ3) is 2.83. The van der Waals surface area contributed by atoms with Gasteiger partial charge in [-0.1, -0.05) is 12.8 Å². The van der Waals surface area contributed by atoms with E-state index in [2.05, 4.69) is 5.32 Å². The van der Waals surface area contributed by atoms with Crippen LogP contribution in [0.15, 0.2) is 18.2 Å². The average molecular weight is 363 g/mol. The molecule has 0 aromatic heterocycles. The Kier molecular flexibility index (Phi) is 4.21. The van der Waals surface area contributed by atoms with Gasteiger partial charge in [-0.25, -0.2) is 4.39 Å². The van der Waals surface area contributed by atoms with E-state index in [4.69, 9.17) is 0 Å². The summed E-state index contributed by atoms with van der Waals surface area (Å²) in [6.07, 6.45) is 3.63. The van der Waals surface area contributed by atoms with Crippen LogP contribution in [0, 0.1) is 9.39 Å². The minimum atomic E-state index is -0.492. The molecule has 1 aliphatic rings. The highest BCUT2D eigenvalue weighted by Crippen LogP contribution is 2.29. The van der Waals surface area contributed by atoms with E-state index in [9.17, 15) is 14.3 Å². The van der Waals surface area contributed by atoms with Crippen molar-refractivity contribution in [2.24, 2.45) is 0 Å². The number of carbonyl (C=O) groups excluding carboxylic acids is 1. The molecule has 5 heteroatoms. The molecule has 0 aliphatic heterocycles. The van der Waals surface area contributed by atoms with Crippen LogP contribution in [-0.2, 0) is 0 Å². The minimum absolute atomic E-state index is 0.0451. The van der Waals surface area contributed by atoms with Crippen LogP contribution < -0.4 is 5.32 Å². The zero-order valence-corrected chi connectivity index (χ0v) is 12.0. The van der Waals surface area contributed by atoms with Gasteiger partial charge in [0.2, 0.25) is 0 Å². The lowest BCUT2D eigenvalue weighted by Gasteiger charge is -2.28. The molecule has 1 amide bonds. The predicted octanol–water partition coefficient (Wildman–Crippen LogP) is 2.47. The van der Waals surface area contributed by atoms with E-state index in [-0.39, 0.29) is 18.3 Å². The van der Waals surface area contributed by atoms with Crippen molar-refractivity contribution in [1.29, 1.82) is 0 Å². The fraction of sp³-hybridized carbons (Fsp3) is 0.462. The summed E-state index contributed by atoms with van der Waals surface area (Å²) >= 11 is 1.94. The van der Waals surface area contributed by atoms with E-state index in [1.807, 2.05) is 22.6 Å². The van der Waals surface area contributed by atoms with E-state index in [1.165, 1.54) is 18.2 Å². The van der Waals surface area contributed by atoms with Gasteiger partial charge in [0.1, 0.15) is 5.82 Å². The van der Waals surface area contributed by atoms with Gasteiger partial charge in [0.15, 0.2) is 0 Å². The maximum Gasteiger partial charge on any atom is 0.252 e. The first-order valence-corrected chi connectivity index (χ1v) is 7.03. The summed E-state index contributed by atoms with van der Waals surface area (Å²) in [4.78, 5) is 12.1. The highest BCUT2D eigenvalue weighted by atomic mass is 127. The lowest BCUT2D eigenvalue weighted by molar-refractivity contribution is 0.0837. The quantitative estimate of drug-likeness (QED) is 0.811. The lowest BCUT2D eigenvalue weighted by atomic mass is 9.98. The average Bonchev–Trinajstić information content (AvgIpc) is 2.78. The number of hydrogen-bond acceptors (Lipinski definition) is 2. The number of benzene rings is 1. The molecular weight excluding hydrogens is 348 g/mol. The van der Waals surface area contributed by atoms with Crippen molar-refractivity contribution >= 4 is 28.5 Å². The Hall–Kier alpha value is -0.690. The number of aliphatic hydroxyl groups excluding tert-OH is 1. The van der Waals surface area contributed by atoms with Gasteiger partial charge < -0.3 is 10.4 Å². The number of amides is 1. The second-order valence-corrected chi connectivity index (χ2v) is 5.89. The molecule has 0 bridgehead atoms. The monoisotopic (exact) mass is 363 g/mol. The topological polar surface area (TPSA) is 49.3 Å². The van der Waals surface area contributed by atoms with Crippen molar-refractivity contribution in [2.45, 2.75) is 31.2 Å². The summed E-state index contributed by atoms with van der Waals surface area (Å²) < 4.78 is 13.6. The molecular formula is C13H15FINO2. The molecule has 1 aromatic rings. The first-order valence-electron chi connectivity index (χ1n) is 5.95. The first-order chi connectivity index (χ1) is 8.56. The van der Waals surface area contributed by atoms with Crippen molar-refractivity contribution in [3.05, 3.63) is 33.1 Å². The SMILES string of the molecule is O=C(NC1(CO)CCCC1)c1ccc(F)cc1I. The molecule has 18 heavy (non-hydrogen) atoms. The Morgan fingerprint density at radius 2 is 2.11 bits per heavy atom. The molecule has 1 saturated carbocycles. The zero-order chi connectivity index (χ0) is 13.2.